The Morgan fingerprint density at radius 1 is 0.875 bits per heavy atom. The highest BCUT2D eigenvalue weighted by molar-refractivity contribution is 14.1. The van der Waals surface area contributed by atoms with Gasteiger partial charge in [0.05, 0.1) is 5.69 Å². The van der Waals surface area contributed by atoms with Crippen LogP contribution in [0.2, 0.25) is 0 Å². The Labute approximate surface area is 154 Å². The normalized spacial score (nSPS) is 10.2. The molecule has 3 aromatic carbocycles. The Morgan fingerprint density at radius 2 is 1.46 bits per heavy atom. The zero-order valence-corrected chi connectivity index (χ0v) is 15.3. The van der Waals surface area contributed by atoms with Crippen molar-refractivity contribution >= 4 is 34.2 Å². The molecule has 3 nitrogen and oxygen atoms in total. The maximum atomic E-state index is 12.3. The maximum Gasteiger partial charge on any atom is 0.255 e. The molecule has 120 valence electrons. The highest BCUT2D eigenvalue weighted by Crippen LogP contribution is 2.23. The van der Waals surface area contributed by atoms with Gasteiger partial charge in [0, 0.05) is 9.13 Å². The summed E-state index contributed by atoms with van der Waals surface area (Å²) in [5.74, 6) is 1.34. The average molecular weight is 429 g/mol. The van der Waals surface area contributed by atoms with Gasteiger partial charge in [-0.05, 0) is 78.0 Å². The summed E-state index contributed by atoms with van der Waals surface area (Å²) in [4.78, 5) is 12.3. The van der Waals surface area contributed by atoms with Crippen molar-refractivity contribution in [2.75, 3.05) is 5.32 Å². The van der Waals surface area contributed by atoms with E-state index in [1.54, 1.807) is 24.3 Å². The second-order valence-corrected chi connectivity index (χ2v) is 6.54. The summed E-state index contributed by atoms with van der Waals surface area (Å²) in [6.45, 7) is 2.03. The van der Waals surface area contributed by atoms with Gasteiger partial charge >= 0.3 is 0 Å². The molecule has 0 atom stereocenters. The minimum Gasteiger partial charge on any atom is -0.457 e. The standard InChI is InChI=1S/C20H16INO2/c1-14-6-10-16(11-7-14)24-17-12-8-15(9-13-17)20(23)22-19-5-3-2-4-18(19)21/h2-13H,1H3,(H,22,23). The van der Waals surface area contributed by atoms with Crippen LogP contribution in [0.4, 0.5) is 5.69 Å². The van der Waals surface area contributed by atoms with E-state index in [9.17, 15) is 4.79 Å². The van der Waals surface area contributed by atoms with Crippen molar-refractivity contribution in [2.45, 2.75) is 6.92 Å². The monoisotopic (exact) mass is 429 g/mol. The van der Waals surface area contributed by atoms with Crippen molar-refractivity contribution in [3.8, 4) is 11.5 Å². The molecule has 0 saturated carbocycles. The van der Waals surface area contributed by atoms with Gasteiger partial charge in [-0.1, -0.05) is 29.8 Å². The van der Waals surface area contributed by atoms with Gasteiger partial charge in [0.15, 0.2) is 0 Å². The molecule has 0 heterocycles. The summed E-state index contributed by atoms with van der Waals surface area (Å²) in [6, 6.07) is 22.6. The van der Waals surface area contributed by atoms with Gasteiger partial charge in [-0.3, -0.25) is 4.79 Å². The fourth-order valence-electron chi connectivity index (χ4n) is 2.17. The summed E-state index contributed by atoms with van der Waals surface area (Å²) >= 11 is 2.20. The molecule has 0 radical (unpaired) electrons. The number of carbonyl (C=O) groups excluding carboxylic acids is 1. The number of hydrogen-bond acceptors (Lipinski definition) is 2. The smallest absolute Gasteiger partial charge is 0.255 e. The van der Waals surface area contributed by atoms with E-state index in [-0.39, 0.29) is 5.91 Å². The lowest BCUT2D eigenvalue weighted by Crippen LogP contribution is -2.12. The molecule has 0 aliphatic rings. The number of amides is 1. The van der Waals surface area contributed by atoms with Crippen LogP contribution < -0.4 is 10.1 Å². The quantitative estimate of drug-likeness (QED) is 0.545. The Kier molecular flexibility index (Phi) is 5.15. The summed E-state index contributed by atoms with van der Waals surface area (Å²) in [5, 5.41) is 2.91. The van der Waals surface area contributed by atoms with Gasteiger partial charge in [0.1, 0.15) is 11.5 Å². The van der Waals surface area contributed by atoms with Crippen molar-refractivity contribution in [3.63, 3.8) is 0 Å². The number of halogens is 1. The number of carbonyl (C=O) groups is 1. The van der Waals surface area contributed by atoms with E-state index in [1.807, 2.05) is 55.5 Å². The maximum absolute atomic E-state index is 12.3. The SMILES string of the molecule is Cc1ccc(Oc2ccc(C(=O)Nc3ccccc3I)cc2)cc1. The Morgan fingerprint density at radius 3 is 2.08 bits per heavy atom. The van der Waals surface area contributed by atoms with Crippen molar-refractivity contribution in [2.24, 2.45) is 0 Å². The van der Waals surface area contributed by atoms with Crippen LogP contribution >= 0.6 is 22.6 Å². The van der Waals surface area contributed by atoms with Crippen LogP contribution in [-0.4, -0.2) is 5.91 Å². The molecular formula is C20H16INO2. The molecule has 1 N–H and O–H groups in total. The first-order chi connectivity index (χ1) is 11.6. The number of nitrogens with one attached hydrogen (secondary N) is 1. The lowest BCUT2D eigenvalue weighted by molar-refractivity contribution is 0.102. The zero-order valence-electron chi connectivity index (χ0n) is 13.1. The molecule has 0 fully saturated rings. The molecule has 0 aliphatic carbocycles. The number of para-hydroxylation sites is 1. The molecule has 0 saturated heterocycles. The van der Waals surface area contributed by atoms with E-state index in [2.05, 4.69) is 27.9 Å². The van der Waals surface area contributed by atoms with Gasteiger partial charge in [-0.15, -0.1) is 0 Å². The molecule has 0 spiro atoms. The molecule has 4 heteroatoms. The fourth-order valence-corrected chi connectivity index (χ4v) is 2.70. The average Bonchev–Trinajstić information content (AvgIpc) is 2.59. The van der Waals surface area contributed by atoms with Crippen LogP contribution in [0.1, 0.15) is 15.9 Å². The predicted molar refractivity (Wildman–Crippen MR) is 105 cm³/mol. The van der Waals surface area contributed by atoms with E-state index in [0.717, 1.165) is 15.0 Å². The second-order valence-electron chi connectivity index (χ2n) is 5.37. The van der Waals surface area contributed by atoms with E-state index < -0.39 is 0 Å². The third-order valence-electron chi connectivity index (χ3n) is 3.50. The van der Waals surface area contributed by atoms with Crippen molar-refractivity contribution in [3.05, 3.63) is 87.5 Å². The lowest BCUT2D eigenvalue weighted by Gasteiger charge is -2.09. The molecule has 0 aromatic heterocycles. The first-order valence-corrected chi connectivity index (χ1v) is 8.60. The highest BCUT2D eigenvalue weighted by Gasteiger charge is 2.08. The molecule has 0 aliphatic heterocycles. The largest absolute Gasteiger partial charge is 0.457 e. The number of rotatable bonds is 4. The topological polar surface area (TPSA) is 38.3 Å². The van der Waals surface area contributed by atoms with Crippen LogP contribution in [0.15, 0.2) is 72.8 Å². The number of hydrogen-bond donors (Lipinski definition) is 1. The fraction of sp³-hybridized carbons (Fsp3) is 0.0500. The van der Waals surface area contributed by atoms with Crippen molar-refractivity contribution in [1.29, 1.82) is 0 Å². The van der Waals surface area contributed by atoms with Crippen molar-refractivity contribution in [1.82, 2.24) is 0 Å². The van der Waals surface area contributed by atoms with Gasteiger partial charge in [0.2, 0.25) is 0 Å². The van der Waals surface area contributed by atoms with Crippen molar-refractivity contribution < 1.29 is 9.53 Å². The highest BCUT2D eigenvalue weighted by atomic mass is 127. The van der Waals surface area contributed by atoms with E-state index in [4.69, 9.17) is 4.74 Å². The molecule has 3 aromatic rings. The predicted octanol–water partition coefficient (Wildman–Crippen LogP) is 5.64. The second kappa shape index (κ2) is 7.49. The molecule has 0 bridgehead atoms. The number of anilines is 1. The number of benzene rings is 3. The van der Waals surface area contributed by atoms with Crippen LogP contribution in [0.25, 0.3) is 0 Å². The van der Waals surface area contributed by atoms with E-state index >= 15 is 0 Å². The van der Waals surface area contributed by atoms with Gasteiger partial charge in [0.25, 0.3) is 5.91 Å². The van der Waals surface area contributed by atoms with Gasteiger partial charge in [-0.2, -0.15) is 0 Å². The number of ether oxygens (including phenoxy) is 1. The Hall–Kier alpha value is -2.34. The minimum atomic E-state index is -0.138. The van der Waals surface area contributed by atoms with Gasteiger partial charge < -0.3 is 10.1 Å². The number of aryl methyl sites for hydroxylation is 1. The third kappa shape index (κ3) is 4.14. The summed E-state index contributed by atoms with van der Waals surface area (Å²) in [6.07, 6.45) is 0. The molecule has 3 rings (SSSR count). The van der Waals surface area contributed by atoms with Crippen LogP contribution in [-0.2, 0) is 0 Å². The lowest BCUT2D eigenvalue weighted by atomic mass is 10.2. The first kappa shape index (κ1) is 16.5. The molecular weight excluding hydrogens is 413 g/mol. The minimum absolute atomic E-state index is 0.138. The summed E-state index contributed by atoms with van der Waals surface area (Å²) in [5.41, 5.74) is 2.58. The van der Waals surface area contributed by atoms with Crippen LogP contribution in [0, 0.1) is 10.5 Å². The van der Waals surface area contributed by atoms with E-state index in [0.29, 0.717) is 11.3 Å². The third-order valence-corrected chi connectivity index (χ3v) is 4.44. The Balaban J connectivity index is 1.68. The molecule has 0 unspecified atom stereocenters. The van der Waals surface area contributed by atoms with Crippen LogP contribution in [0.5, 0.6) is 11.5 Å². The Bertz CT molecular complexity index is 842. The summed E-state index contributed by atoms with van der Waals surface area (Å²) in [7, 11) is 0. The van der Waals surface area contributed by atoms with Crippen LogP contribution in [0.3, 0.4) is 0 Å². The molecule has 24 heavy (non-hydrogen) atoms. The van der Waals surface area contributed by atoms with E-state index in [1.165, 1.54) is 5.56 Å². The summed E-state index contributed by atoms with van der Waals surface area (Å²) < 4.78 is 6.78. The first-order valence-electron chi connectivity index (χ1n) is 7.52. The zero-order chi connectivity index (χ0) is 16.9. The van der Waals surface area contributed by atoms with Gasteiger partial charge in [-0.25, -0.2) is 0 Å². The molecule has 1 amide bonds.